The Bertz CT molecular complexity index is 1930. The smallest absolute Gasteiger partial charge is 0.319 e. The van der Waals surface area contributed by atoms with Gasteiger partial charge in [-0.05, 0) is 72.7 Å². The molecule has 0 radical (unpaired) electrons. The third kappa shape index (κ3) is 4.49. The highest BCUT2D eigenvalue weighted by Gasteiger charge is 2.50. The number of hydrogen-bond donors (Lipinski definition) is 2. The Morgan fingerprint density at radius 2 is 2.00 bits per heavy atom. The van der Waals surface area contributed by atoms with E-state index in [0.29, 0.717) is 48.9 Å². The van der Waals surface area contributed by atoms with Gasteiger partial charge in [0.05, 0.1) is 23.1 Å². The van der Waals surface area contributed by atoms with Crippen LogP contribution in [0.1, 0.15) is 51.0 Å². The second-order valence-corrected chi connectivity index (χ2v) is 14.0. The molecule has 2 bridgehead atoms. The minimum absolute atomic E-state index is 0.0151. The van der Waals surface area contributed by atoms with E-state index in [1.807, 2.05) is 25.1 Å². The van der Waals surface area contributed by atoms with Crippen molar-refractivity contribution in [3.8, 4) is 28.6 Å². The maximum atomic E-state index is 17.2. The fourth-order valence-electron chi connectivity index (χ4n) is 9.28. The first-order chi connectivity index (χ1) is 22.8. The van der Waals surface area contributed by atoms with Crippen LogP contribution in [0.2, 0.25) is 0 Å². The number of phenols is 1. The molecule has 5 aliphatic rings. The Balaban J connectivity index is 1.27. The minimum atomic E-state index is -0.922. The predicted molar refractivity (Wildman–Crippen MR) is 173 cm³/mol. The number of ether oxygens (including phenoxy) is 2. The molecule has 3 unspecified atom stereocenters. The molecule has 0 spiro atoms. The molecule has 4 aromatic rings. The number of piperazine rings is 1. The van der Waals surface area contributed by atoms with E-state index in [-0.39, 0.29) is 70.9 Å². The Kier molecular flexibility index (Phi) is 6.77. The number of nitrogens with one attached hydrogen (secondary N) is 1. The highest BCUT2D eigenvalue weighted by molar-refractivity contribution is 6.05. The van der Waals surface area contributed by atoms with Gasteiger partial charge in [-0.25, -0.2) is 13.2 Å². The van der Waals surface area contributed by atoms with Gasteiger partial charge in [0.25, 0.3) is 0 Å². The van der Waals surface area contributed by atoms with Crippen LogP contribution in [0.5, 0.6) is 17.5 Å². The van der Waals surface area contributed by atoms with E-state index in [0.717, 1.165) is 37.8 Å². The number of aromatic nitrogens is 2. The lowest BCUT2D eigenvalue weighted by molar-refractivity contribution is 0.107. The second kappa shape index (κ2) is 10.8. The highest BCUT2D eigenvalue weighted by atomic mass is 19.1. The van der Waals surface area contributed by atoms with Crippen molar-refractivity contribution >= 4 is 27.5 Å². The number of phenolic OH excluding ortho intramolecular Hbond substituents is 1. The monoisotopic (exact) mass is 645 g/mol. The van der Waals surface area contributed by atoms with Crippen LogP contribution < -0.4 is 19.7 Å². The Morgan fingerprint density at radius 3 is 2.87 bits per heavy atom. The van der Waals surface area contributed by atoms with Gasteiger partial charge >= 0.3 is 6.01 Å². The lowest BCUT2D eigenvalue weighted by atomic mass is 9.91. The summed E-state index contributed by atoms with van der Waals surface area (Å²) in [6, 6.07) is 9.09. The molecule has 4 saturated heterocycles. The van der Waals surface area contributed by atoms with Crippen molar-refractivity contribution < 1.29 is 27.8 Å². The van der Waals surface area contributed by atoms with Crippen molar-refractivity contribution in [2.75, 3.05) is 37.7 Å². The van der Waals surface area contributed by atoms with E-state index in [1.54, 1.807) is 6.07 Å². The third-order valence-electron chi connectivity index (χ3n) is 11.4. The maximum absolute atomic E-state index is 17.2. The molecule has 0 aliphatic carbocycles. The van der Waals surface area contributed by atoms with Crippen LogP contribution in [0.3, 0.4) is 0 Å². The topological polar surface area (TPSA) is 83.0 Å². The largest absolute Gasteiger partial charge is 0.508 e. The van der Waals surface area contributed by atoms with Crippen molar-refractivity contribution in [3.05, 3.63) is 47.5 Å². The fraction of sp³-hybridized carbons (Fsp3) is 0.500. The van der Waals surface area contributed by atoms with Gasteiger partial charge < -0.3 is 24.8 Å². The molecule has 0 saturated carbocycles. The van der Waals surface area contributed by atoms with Crippen LogP contribution >= 0.6 is 0 Å². The van der Waals surface area contributed by atoms with E-state index in [4.69, 9.17) is 14.5 Å². The summed E-state index contributed by atoms with van der Waals surface area (Å²) in [5.41, 5.74) is 0.285. The van der Waals surface area contributed by atoms with Crippen molar-refractivity contribution in [2.45, 2.75) is 81.7 Å². The normalized spacial score (nSPS) is 28.3. The van der Waals surface area contributed by atoms with E-state index in [9.17, 15) is 9.50 Å². The molecule has 5 atom stereocenters. The lowest BCUT2D eigenvalue weighted by Gasteiger charge is -2.43. The fourth-order valence-corrected chi connectivity index (χ4v) is 9.28. The van der Waals surface area contributed by atoms with Crippen LogP contribution in [0.4, 0.5) is 19.0 Å². The number of hydrogen-bond acceptors (Lipinski definition) is 8. The molecule has 5 aliphatic heterocycles. The molecule has 47 heavy (non-hydrogen) atoms. The molecule has 246 valence electrons. The number of aryl methyl sites for hydroxylation is 1. The van der Waals surface area contributed by atoms with Gasteiger partial charge in [-0.1, -0.05) is 25.1 Å². The van der Waals surface area contributed by atoms with Gasteiger partial charge in [-0.3, -0.25) is 4.90 Å². The van der Waals surface area contributed by atoms with Gasteiger partial charge in [0, 0.05) is 44.1 Å². The molecular weight excluding hydrogens is 607 g/mol. The summed E-state index contributed by atoms with van der Waals surface area (Å²) in [4.78, 5) is 13.8. The zero-order chi connectivity index (χ0) is 32.0. The number of anilines is 1. The van der Waals surface area contributed by atoms with E-state index < -0.39 is 23.3 Å². The summed E-state index contributed by atoms with van der Waals surface area (Å²) in [6.07, 6.45) is 4.50. The van der Waals surface area contributed by atoms with Crippen LogP contribution in [0.15, 0.2) is 30.3 Å². The number of nitrogens with zero attached hydrogens (tertiary/aromatic N) is 4. The number of alkyl halides is 1. The van der Waals surface area contributed by atoms with Gasteiger partial charge in [0.1, 0.15) is 29.9 Å². The Labute approximate surface area is 270 Å². The second-order valence-electron chi connectivity index (χ2n) is 14.0. The predicted octanol–water partition coefficient (Wildman–Crippen LogP) is 6.04. The molecule has 9 rings (SSSR count). The molecule has 3 aromatic carbocycles. The number of halogens is 3. The number of benzene rings is 3. The van der Waals surface area contributed by atoms with Gasteiger partial charge in [0.2, 0.25) is 0 Å². The van der Waals surface area contributed by atoms with E-state index in [1.165, 1.54) is 6.07 Å². The van der Waals surface area contributed by atoms with Crippen LogP contribution in [0.25, 0.3) is 32.8 Å². The van der Waals surface area contributed by atoms with Gasteiger partial charge in [-0.15, -0.1) is 0 Å². The third-order valence-corrected chi connectivity index (χ3v) is 11.4. The van der Waals surface area contributed by atoms with E-state index >= 15 is 8.78 Å². The van der Waals surface area contributed by atoms with Crippen LogP contribution in [-0.4, -0.2) is 82.7 Å². The summed E-state index contributed by atoms with van der Waals surface area (Å²) in [6.45, 7) is 4.24. The van der Waals surface area contributed by atoms with Crippen molar-refractivity contribution in [2.24, 2.45) is 0 Å². The molecule has 0 amide bonds. The zero-order valence-electron chi connectivity index (χ0n) is 26.4. The zero-order valence-corrected chi connectivity index (χ0v) is 26.4. The first-order valence-electron chi connectivity index (χ1n) is 17.0. The minimum Gasteiger partial charge on any atom is -0.508 e. The standard InChI is InChI=1S/C36H38F3N5O3/c1-2-19-5-3-6-20-13-23(45)14-24(27(19)20)28-30(38)32-29-33(31(28)39)46-12-9-26-25-8-7-22(40-25)17-44(26)34(29)42-35(41-32)47-18-36-10-4-11-43(36)16-21(37)15-36/h3,5-6,13-14,21-22,25-26,40,45H,2,4,7-12,15-18H2,1H3/t21-,22?,25?,26?,36+/m1/s1. The Morgan fingerprint density at radius 1 is 1.11 bits per heavy atom. The first-order valence-corrected chi connectivity index (χ1v) is 17.0. The van der Waals surface area contributed by atoms with Crippen molar-refractivity contribution in [1.29, 1.82) is 0 Å². The van der Waals surface area contributed by atoms with Crippen LogP contribution in [-0.2, 0) is 6.42 Å². The SMILES string of the molecule is CCc1cccc2cc(O)cc(-c3c(F)c4c5c(nc(OC[C@@]67CCCN6C[C@H](F)C7)nc5c3F)N3CC5CCC(N5)C3CCO4)c12. The molecule has 11 heteroatoms. The molecule has 2 N–H and O–H groups in total. The number of rotatable bonds is 5. The van der Waals surface area contributed by atoms with E-state index in [2.05, 4.69) is 20.1 Å². The molecule has 4 fully saturated rings. The summed E-state index contributed by atoms with van der Waals surface area (Å²) >= 11 is 0. The Hall–Kier alpha value is -3.83. The molecule has 6 heterocycles. The summed E-state index contributed by atoms with van der Waals surface area (Å²) in [5, 5.41) is 16.0. The first kappa shape index (κ1) is 29.3. The van der Waals surface area contributed by atoms with Crippen molar-refractivity contribution in [1.82, 2.24) is 20.2 Å². The average molecular weight is 646 g/mol. The van der Waals surface area contributed by atoms with Gasteiger partial charge in [0.15, 0.2) is 17.4 Å². The molecule has 1 aromatic heterocycles. The summed E-state index contributed by atoms with van der Waals surface area (Å²) in [5.74, 6) is -1.50. The lowest BCUT2D eigenvalue weighted by Crippen LogP contribution is -2.59. The highest BCUT2D eigenvalue weighted by Crippen LogP contribution is 2.48. The number of fused-ring (bicyclic) bond motifs is 7. The maximum Gasteiger partial charge on any atom is 0.319 e. The van der Waals surface area contributed by atoms with Crippen molar-refractivity contribution in [3.63, 3.8) is 0 Å². The molecular formula is C36H38F3N5O3. The van der Waals surface area contributed by atoms with Crippen LogP contribution in [0, 0.1) is 11.6 Å². The summed E-state index contributed by atoms with van der Waals surface area (Å²) in [7, 11) is 0. The molecule has 8 nitrogen and oxygen atoms in total. The number of aromatic hydroxyl groups is 1. The quantitative estimate of drug-likeness (QED) is 0.272. The average Bonchev–Trinajstić information content (AvgIpc) is 3.72. The summed E-state index contributed by atoms with van der Waals surface area (Å²) < 4.78 is 61.3. The van der Waals surface area contributed by atoms with Gasteiger partial charge in [-0.2, -0.15) is 9.97 Å².